The Morgan fingerprint density at radius 1 is 1.26 bits per heavy atom. The minimum atomic E-state index is -0.439. The average molecular weight is 363 g/mol. The predicted molar refractivity (Wildman–Crippen MR) is 103 cm³/mol. The van der Waals surface area contributed by atoms with Crippen molar-refractivity contribution >= 4 is 16.9 Å². The zero-order valence-corrected chi connectivity index (χ0v) is 15.1. The lowest BCUT2D eigenvalue weighted by atomic mass is 10.0. The molecule has 1 atom stereocenters. The number of hydrogen-bond acceptors (Lipinski definition) is 4. The number of methoxy groups -OCH3 is 1. The van der Waals surface area contributed by atoms with Crippen molar-refractivity contribution in [3.63, 3.8) is 0 Å². The number of carbonyl (C=O) groups is 1. The van der Waals surface area contributed by atoms with Gasteiger partial charge in [0.2, 0.25) is 0 Å². The Morgan fingerprint density at radius 2 is 2.11 bits per heavy atom. The molecule has 0 spiro atoms. The Bertz CT molecular complexity index is 1040. The Hall–Kier alpha value is -3.15. The molecule has 0 saturated carbocycles. The first kappa shape index (κ1) is 17.3. The van der Waals surface area contributed by atoms with Gasteiger partial charge in [0.15, 0.2) is 5.69 Å². The van der Waals surface area contributed by atoms with Gasteiger partial charge in [0.25, 0.3) is 11.5 Å². The Labute approximate surface area is 156 Å². The quantitative estimate of drug-likeness (QED) is 0.773. The van der Waals surface area contributed by atoms with Crippen molar-refractivity contribution in [3.05, 3.63) is 70.1 Å². The van der Waals surface area contributed by atoms with Crippen LogP contribution in [-0.2, 0) is 6.42 Å². The standard InChI is InChI=1S/C21H21N3O3/c1-27-16-8-4-6-14(13-16)12-15-7-5-11-24(15)21(26)19-20(25)23-18-10-3-2-9-17(18)22-19/h2-4,6,8-10,13,15H,5,7,11-12H2,1H3,(H,23,25). The molecular formula is C21H21N3O3. The smallest absolute Gasteiger partial charge is 0.280 e. The summed E-state index contributed by atoms with van der Waals surface area (Å²) in [6.07, 6.45) is 2.56. The van der Waals surface area contributed by atoms with Gasteiger partial charge in [-0.2, -0.15) is 0 Å². The topological polar surface area (TPSA) is 75.3 Å². The highest BCUT2D eigenvalue weighted by atomic mass is 16.5. The van der Waals surface area contributed by atoms with Gasteiger partial charge in [-0.05, 0) is 49.1 Å². The van der Waals surface area contributed by atoms with Gasteiger partial charge in [-0.3, -0.25) is 9.59 Å². The van der Waals surface area contributed by atoms with Crippen molar-refractivity contribution in [1.29, 1.82) is 0 Å². The highest BCUT2D eigenvalue weighted by Crippen LogP contribution is 2.24. The second kappa shape index (κ2) is 7.23. The first-order valence-corrected chi connectivity index (χ1v) is 9.08. The fourth-order valence-electron chi connectivity index (χ4n) is 3.70. The molecule has 1 aromatic heterocycles. The number of rotatable bonds is 4. The average Bonchev–Trinajstić information content (AvgIpc) is 3.15. The molecule has 0 radical (unpaired) electrons. The molecule has 1 N–H and O–H groups in total. The lowest BCUT2D eigenvalue weighted by molar-refractivity contribution is 0.0729. The zero-order valence-electron chi connectivity index (χ0n) is 15.1. The normalized spacial score (nSPS) is 16.6. The lowest BCUT2D eigenvalue weighted by Crippen LogP contribution is -2.40. The van der Waals surface area contributed by atoms with Crippen LogP contribution in [0.4, 0.5) is 0 Å². The van der Waals surface area contributed by atoms with Crippen LogP contribution < -0.4 is 10.3 Å². The number of carbonyl (C=O) groups excluding carboxylic acids is 1. The van der Waals surface area contributed by atoms with Crippen molar-refractivity contribution < 1.29 is 9.53 Å². The monoisotopic (exact) mass is 363 g/mol. The van der Waals surface area contributed by atoms with Crippen LogP contribution in [0, 0.1) is 0 Å². The van der Waals surface area contributed by atoms with E-state index in [4.69, 9.17) is 4.74 Å². The van der Waals surface area contributed by atoms with E-state index in [1.54, 1.807) is 24.1 Å². The molecule has 2 aromatic carbocycles. The highest BCUT2D eigenvalue weighted by molar-refractivity contribution is 5.94. The summed E-state index contributed by atoms with van der Waals surface area (Å²) in [5, 5.41) is 0. The van der Waals surface area contributed by atoms with Crippen LogP contribution >= 0.6 is 0 Å². The van der Waals surface area contributed by atoms with Crippen LogP contribution in [0.15, 0.2) is 53.3 Å². The summed E-state index contributed by atoms with van der Waals surface area (Å²) in [6, 6.07) is 15.2. The zero-order chi connectivity index (χ0) is 18.8. The minimum absolute atomic E-state index is 0.0359. The number of benzene rings is 2. The minimum Gasteiger partial charge on any atom is -0.497 e. The maximum atomic E-state index is 13.1. The highest BCUT2D eigenvalue weighted by Gasteiger charge is 2.31. The number of para-hydroxylation sites is 2. The largest absolute Gasteiger partial charge is 0.497 e. The molecule has 6 nitrogen and oxygen atoms in total. The van der Waals surface area contributed by atoms with E-state index in [1.807, 2.05) is 36.4 Å². The van der Waals surface area contributed by atoms with E-state index in [9.17, 15) is 9.59 Å². The van der Waals surface area contributed by atoms with E-state index in [0.29, 0.717) is 17.6 Å². The van der Waals surface area contributed by atoms with Crippen molar-refractivity contribution in [2.24, 2.45) is 0 Å². The first-order chi connectivity index (χ1) is 13.2. The van der Waals surface area contributed by atoms with Gasteiger partial charge in [-0.15, -0.1) is 0 Å². The Kier molecular flexibility index (Phi) is 4.62. The van der Waals surface area contributed by atoms with Gasteiger partial charge >= 0.3 is 0 Å². The molecule has 1 aliphatic rings. The number of likely N-dealkylation sites (tertiary alicyclic amines) is 1. The number of nitrogens with zero attached hydrogens (tertiary/aromatic N) is 2. The molecule has 4 rings (SSSR count). The molecular weight excluding hydrogens is 342 g/mol. The summed E-state index contributed by atoms with van der Waals surface area (Å²) in [5.74, 6) is 0.503. The SMILES string of the molecule is COc1cccc(CC2CCCN2C(=O)c2nc3ccccc3[nH]c2=O)c1. The third-order valence-corrected chi connectivity index (χ3v) is 5.05. The van der Waals surface area contributed by atoms with Crippen molar-refractivity contribution in [2.75, 3.05) is 13.7 Å². The van der Waals surface area contributed by atoms with Gasteiger partial charge in [0, 0.05) is 12.6 Å². The molecule has 1 amide bonds. The van der Waals surface area contributed by atoms with Gasteiger partial charge < -0.3 is 14.6 Å². The molecule has 138 valence electrons. The van der Waals surface area contributed by atoms with Crippen LogP contribution in [-0.4, -0.2) is 40.5 Å². The van der Waals surface area contributed by atoms with Crippen LogP contribution in [0.1, 0.15) is 28.9 Å². The van der Waals surface area contributed by atoms with Crippen molar-refractivity contribution in [2.45, 2.75) is 25.3 Å². The molecule has 1 aliphatic heterocycles. The lowest BCUT2D eigenvalue weighted by Gasteiger charge is -2.24. The van der Waals surface area contributed by atoms with E-state index in [-0.39, 0.29) is 17.6 Å². The second-order valence-corrected chi connectivity index (χ2v) is 6.78. The van der Waals surface area contributed by atoms with Crippen molar-refractivity contribution in [3.8, 4) is 5.75 Å². The molecule has 27 heavy (non-hydrogen) atoms. The van der Waals surface area contributed by atoms with Crippen LogP contribution in [0.25, 0.3) is 11.0 Å². The van der Waals surface area contributed by atoms with Gasteiger partial charge in [0.1, 0.15) is 5.75 Å². The summed E-state index contributed by atoms with van der Waals surface area (Å²) in [5.41, 5.74) is 1.88. The molecule has 1 unspecified atom stereocenters. The Balaban J connectivity index is 1.60. The third kappa shape index (κ3) is 3.43. The number of amides is 1. The molecule has 1 saturated heterocycles. The number of aromatic nitrogens is 2. The van der Waals surface area contributed by atoms with E-state index >= 15 is 0 Å². The molecule has 2 heterocycles. The van der Waals surface area contributed by atoms with Crippen LogP contribution in [0.2, 0.25) is 0 Å². The predicted octanol–water partition coefficient (Wildman–Crippen LogP) is 2.78. The number of hydrogen-bond donors (Lipinski definition) is 1. The fourth-order valence-corrected chi connectivity index (χ4v) is 3.70. The molecule has 3 aromatic rings. The van der Waals surface area contributed by atoms with E-state index in [0.717, 1.165) is 30.6 Å². The number of fused-ring (bicyclic) bond motifs is 1. The van der Waals surface area contributed by atoms with E-state index in [1.165, 1.54) is 0 Å². The number of ether oxygens (including phenoxy) is 1. The summed E-state index contributed by atoms with van der Waals surface area (Å²) < 4.78 is 5.28. The second-order valence-electron chi connectivity index (χ2n) is 6.78. The van der Waals surface area contributed by atoms with Gasteiger partial charge in [-0.25, -0.2) is 4.98 Å². The molecule has 6 heteroatoms. The maximum absolute atomic E-state index is 13.1. The van der Waals surface area contributed by atoms with Gasteiger partial charge in [0.05, 0.1) is 18.1 Å². The molecule has 0 aliphatic carbocycles. The summed E-state index contributed by atoms with van der Waals surface area (Å²) in [7, 11) is 1.64. The number of H-pyrrole nitrogens is 1. The number of nitrogens with one attached hydrogen (secondary N) is 1. The van der Waals surface area contributed by atoms with Crippen molar-refractivity contribution in [1.82, 2.24) is 14.9 Å². The van der Waals surface area contributed by atoms with E-state index in [2.05, 4.69) is 9.97 Å². The summed E-state index contributed by atoms with van der Waals surface area (Å²) in [4.78, 5) is 34.3. The fraction of sp³-hybridized carbons (Fsp3) is 0.286. The van der Waals surface area contributed by atoms with Crippen LogP contribution in [0.5, 0.6) is 5.75 Å². The molecule has 1 fully saturated rings. The summed E-state index contributed by atoms with van der Waals surface area (Å²) >= 11 is 0. The van der Waals surface area contributed by atoms with E-state index < -0.39 is 5.56 Å². The summed E-state index contributed by atoms with van der Waals surface area (Å²) in [6.45, 7) is 0.640. The molecule has 0 bridgehead atoms. The van der Waals surface area contributed by atoms with Crippen LogP contribution in [0.3, 0.4) is 0 Å². The maximum Gasteiger partial charge on any atom is 0.280 e. The Morgan fingerprint density at radius 3 is 2.96 bits per heavy atom. The number of aromatic amines is 1. The van der Waals surface area contributed by atoms with Gasteiger partial charge in [-0.1, -0.05) is 24.3 Å². The third-order valence-electron chi connectivity index (χ3n) is 5.05. The first-order valence-electron chi connectivity index (χ1n) is 9.08.